The van der Waals surface area contributed by atoms with Crippen molar-refractivity contribution in [3.05, 3.63) is 46.6 Å². The topological polar surface area (TPSA) is 49.0 Å². The van der Waals surface area contributed by atoms with Gasteiger partial charge in [0, 0.05) is 5.02 Å². The maximum absolute atomic E-state index is 12.9. The number of nitrogens with zero attached hydrogens (tertiary/aromatic N) is 2. The summed E-state index contributed by atoms with van der Waals surface area (Å²) in [6, 6.07) is 8.42. The van der Waals surface area contributed by atoms with Crippen molar-refractivity contribution in [1.29, 1.82) is 5.26 Å². The second-order valence-electron chi connectivity index (χ2n) is 3.98. The summed E-state index contributed by atoms with van der Waals surface area (Å²) in [6.07, 6.45) is -4.65. The van der Waals surface area contributed by atoms with Crippen molar-refractivity contribution >= 4 is 11.6 Å². The van der Waals surface area contributed by atoms with Gasteiger partial charge >= 0.3 is 6.18 Å². The summed E-state index contributed by atoms with van der Waals surface area (Å²) >= 11 is 5.72. The molecule has 0 atom stereocenters. The number of alkyl halides is 3. The number of hydrogen-bond acceptors (Lipinski definition) is 2. The van der Waals surface area contributed by atoms with E-state index in [4.69, 9.17) is 16.9 Å². The highest BCUT2D eigenvalue weighted by Crippen LogP contribution is 2.36. The van der Waals surface area contributed by atoms with Crippen molar-refractivity contribution in [3.8, 4) is 17.3 Å². The molecule has 1 N–H and O–H groups in total. The van der Waals surface area contributed by atoms with Crippen LogP contribution in [-0.4, -0.2) is 9.67 Å². The second-order valence-corrected chi connectivity index (χ2v) is 4.41. The van der Waals surface area contributed by atoms with Crippen molar-refractivity contribution in [1.82, 2.24) is 4.57 Å². The molecule has 2 aromatic rings. The lowest BCUT2D eigenvalue weighted by atomic mass is 10.1. The Morgan fingerprint density at radius 1 is 1.25 bits per heavy atom. The van der Waals surface area contributed by atoms with E-state index in [0.29, 0.717) is 15.2 Å². The van der Waals surface area contributed by atoms with Gasteiger partial charge in [0.25, 0.3) is 0 Å². The SMILES string of the molecule is N#Cc1cc(C(F)(F)F)n(CO)c1-c1ccc(Cl)cc1. The van der Waals surface area contributed by atoms with Crippen molar-refractivity contribution in [2.24, 2.45) is 0 Å². The summed E-state index contributed by atoms with van der Waals surface area (Å²) in [5, 5.41) is 18.6. The first kappa shape index (κ1) is 14.4. The number of halogens is 4. The van der Waals surface area contributed by atoms with Gasteiger partial charge in [-0.3, -0.25) is 0 Å². The van der Waals surface area contributed by atoms with E-state index < -0.39 is 18.6 Å². The van der Waals surface area contributed by atoms with Crippen LogP contribution in [0.25, 0.3) is 11.3 Å². The highest BCUT2D eigenvalue weighted by molar-refractivity contribution is 6.30. The quantitative estimate of drug-likeness (QED) is 0.920. The van der Waals surface area contributed by atoms with E-state index in [9.17, 15) is 18.3 Å². The fourth-order valence-electron chi connectivity index (χ4n) is 1.93. The average Bonchev–Trinajstić information content (AvgIpc) is 2.78. The van der Waals surface area contributed by atoms with Crippen LogP contribution >= 0.6 is 11.6 Å². The van der Waals surface area contributed by atoms with Crippen molar-refractivity contribution in [2.75, 3.05) is 0 Å². The third kappa shape index (κ3) is 2.50. The maximum Gasteiger partial charge on any atom is 0.431 e. The van der Waals surface area contributed by atoms with Gasteiger partial charge < -0.3 is 9.67 Å². The summed E-state index contributed by atoms with van der Waals surface area (Å²) in [5.41, 5.74) is -0.843. The molecule has 0 saturated carbocycles. The van der Waals surface area contributed by atoms with E-state index >= 15 is 0 Å². The van der Waals surface area contributed by atoms with Crippen molar-refractivity contribution in [3.63, 3.8) is 0 Å². The molecule has 0 bridgehead atoms. The lowest BCUT2D eigenvalue weighted by Crippen LogP contribution is -2.14. The molecule has 1 heterocycles. The fourth-order valence-corrected chi connectivity index (χ4v) is 2.06. The second kappa shape index (κ2) is 5.19. The molecule has 0 radical (unpaired) electrons. The largest absolute Gasteiger partial charge is 0.431 e. The number of rotatable bonds is 2. The van der Waals surface area contributed by atoms with Crippen LogP contribution in [0.2, 0.25) is 5.02 Å². The molecular weight excluding hydrogens is 293 g/mol. The number of aliphatic hydroxyl groups is 1. The predicted octanol–water partition coefficient (Wildman–Crippen LogP) is 3.65. The Bertz CT molecular complexity index is 669. The zero-order valence-corrected chi connectivity index (χ0v) is 10.7. The van der Waals surface area contributed by atoms with E-state index in [-0.39, 0.29) is 11.3 Å². The van der Waals surface area contributed by atoms with E-state index in [2.05, 4.69) is 0 Å². The number of aromatic nitrogens is 1. The van der Waals surface area contributed by atoms with Crippen LogP contribution in [0.3, 0.4) is 0 Å². The third-order valence-electron chi connectivity index (χ3n) is 2.77. The van der Waals surface area contributed by atoms with E-state index in [1.807, 2.05) is 0 Å². The van der Waals surface area contributed by atoms with E-state index in [1.165, 1.54) is 24.3 Å². The Labute approximate surface area is 117 Å². The summed E-state index contributed by atoms with van der Waals surface area (Å²) < 4.78 is 39.3. The molecule has 7 heteroatoms. The minimum absolute atomic E-state index is 0.0130. The first-order valence-electron chi connectivity index (χ1n) is 5.46. The maximum atomic E-state index is 12.9. The summed E-state index contributed by atoms with van der Waals surface area (Å²) in [5.74, 6) is 0. The van der Waals surface area contributed by atoms with Gasteiger partial charge in [-0.25, -0.2) is 0 Å². The Morgan fingerprint density at radius 2 is 1.85 bits per heavy atom. The van der Waals surface area contributed by atoms with Gasteiger partial charge in [-0.05, 0) is 23.8 Å². The van der Waals surface area contributed by atoms with Crippen LogP contribution in [-0.2, 0) is 12.9 Å². The molecule has 20 heavy (non-hydrogen) atoms. The molecule has 0 aliphatic carbocycles. The smallest absolute Gasteiger partial charge is 0.376 e. The van der Waals surface area contributed by atoms with Gasteiger partial charge in [0.2, 0.25) is 0 Å². The third-order valence-corrected chi connectivity index (χ3v) is 3.02. The van der Waals surface area contributed by atoms with Crippen molar-refractivity contribution in [2.45, 2.75) is 12.9 Å². The number of hydrogen-bond donors (Lipinski definition) is 1. The molecule has 0 unspecified atom stereocenters. The molecule has 104 valence electrons. The zero-order chi connectivity index (χ0) is 14.9. The number of aliphatic hydroxyl groups excluding tert-OH is 1. The lowest BCUT2D eigenvalue weighted by Gasteiger charge is -2.12. The molecule has 3 nitrogen and oxygen atoms in total. The molecule has 1 aromatic carbocycles. The monoisotopic (exact) mass is 300 g/mol. The zero-order valence-electron chi connectivity index (χ0n) is 9.95. The molecule has 0 fully saturated rings. The minimum Gasteiger partial charge on any atom is -0.376 e. The van der Waals surface area contributed by atoms with Gasteiger partial charge in [-0.1, -0.05) is 23.7 Å². The summed E-state index contributed by atoms with van der Waals surface area (Å²) in [6.45, 7) is -0.880. The molecule has 0 spiro atoms. The van der Waals surface area contributed by atoms with Crippen LogP contribution in [0, 0.1) is 11.3 Å². The van der Waals surface area contributed by atoms with Gasteiger partial charge in [0.05, 0.1) is 11.3 Å². The Balaban J connectivity index is 2.72. The van der Waals surface area contributed by atoms with E-state index in [0.717, 1.165) is 6.07 Å². The van der Waals surface area contributed by atoms with Crippen LogP contribution < -0.4 is 0 Å². The Kier molecular flexibility index (Phi) is 3.75. The van der Waals surface area contributed by atoms with Gasteiger partial charge in [-0.15, -0.1) is 0 Å². The highest BCUT2D eigenvalue weighted by atomic mass is 35.5. The molecule has 0 amide bonds. The van der Waals surface area contributed by atoms with Crippen LogP contribution in [0.5, 0.6) is 0 Å². The molecule has 0 saturated heterocycles. The fraction of sp³-hybridized carbons (Fsp3) is 0.154. The van der Waals surface area contributed by atoms with Crippen LogP contribution in [0.15, 0.2) is 30.3 Å². The standard InChI is InChI=1S/C13H8ClF3N2O/c14-10-3-1-8(2-4-10)12-9(6-18)5-11(13(15,16)17)19(12)7-20/h1-5,20H,7H2. The number of nitriles is 1. The Hall–Kier alpha value is -1.97. The van der Waals surface area contributed by atoms with Gasteiger partial charge in [0.15, 0.2) is 0 Å². The first-order valence-corrected chi connectivity index (χ1v) is 5.84. The first-order chi connectivity index (χ1) is 9.38. The average molecular weight is 301 g/mol. The van der Waals surface area contributed by atoms with Gasteiger partial charge in [0.1, 0.15) is 18.5 Å². The van der Waals surface area contributed by atoms with E-state index in [1.54, 1.807) is 6.07 Å². The normalized spacial score (nSPS) is 11.4. The molecule has 1 aromatic heterocycles. The molecule has 0 aliphatic heterocycles. The summed E-state index contributed by atoms with van der Waals surface area (Å²) in [7, 11) is 0. The predicted molar refractivity (Wildman–Crippen MR) is 66.8 cm³/mol. The highest BCUT2D eigenvalue weighted by Gasteiger charge is 2.36. The van der Waals surface area contributed by atoms with Crippen LogP contribution in [0.1, 0.15) is 11.3 Å². The minimum atomic E-state index is -4.65. The van der Waals surface area contributed by atoms with Crippen LogP contribution in [0.4, 0.5) is 13.2 Å². The summed E-state index contributed by atoms with van der Waals surface area (Å²) in [4.78, 5) is 0. The Morgan fingerprint density at radius 3 is 2.30 bits per heavy atom. The molecule has 2 rings (SSSR count). The number of benzene rings is 1. The van der Waals surface area contributed by atoms with Crippen molar-refractivity contribution < 1.29 is 18.3 Å². The lowest BCUT2D eigenvalue weighted by molar-refractivity contribution is -0.145. The molecular formula is C13H8ClF3N2O. The molecule has 0 aliphatic rings. The van der Waals surface area contributed by atoms with Gasteiger partial charge in [-0.2, -0.15) is 18.4 Å².